The lowest BCUT2D eigenvalue weighted by atomic mass is 10.0. The van der Waals surface area contributed by atoms with Crippen molar-refractivity contribution in [3.63, 3.8) is 0 Å². The lowest BCUT2D eigenvalue weighted by molar-refractivity contribution is 0.118. The van der Waals surface area contributed by atoms with Gasteiger partial charge in [-0.25, -0.2) is 4.98 Å². The molecule has 78 valence electrons. The maximum Gasteiger partial charge on any atom is 0.0948 e. The van der Waals surface area contributed by atoms with Crippen molar-refractivity contribution in [1.82, 2.24) is 14.5 Å². The van der Waals surface area contributed by atoms with Crippen molar-refractivity contribution in [2.24, 2.45) is 11.7 Å². The minimum atomic E-state index is 0.0790. The van der Waals surface area contributed by atoms with Crippen LogP contribution in [0.4, 0.5) is 0 Å². The molecule has 1 saturated heterocycles. The molecule has 0 amide bonds. The number of nitrogens with two attached hydrogens (primary N) is 1. The first-order valence-corrected chi connectivity index (χ1v) is 5.11. The second kappa shape index (κ2) is 3.71. The van der Waals surface area contributed by atoms with Gasteiger partial charge in [0.2, 0.25) is 0 Å². The van der Waals surface area contributed by atoms with Crippen LogP contribution in [0.25, 0.3) is 0 Å². The molecule has 1 unspecified atom stereocenters. The molecule has 4 heteroatoms. The van der Waals surface area contributed by atoms with Crippen LogP contribution in [0.3, 0.4) is 0 Å². The summed E-state index contributed by atoms with van der Waals surface area (Å²) >= 11 is 0. The Morgan fingerprint density at radius 3 is 2.93 bits per heavy atom. The Morgan fingerprint density at radius 2 is 2.36 bits per heavy atom. The zero-order valence-corrected chi connectivity index (χ0v) is 8.85. The third-order valence-corrected chi connectivity index (χ3v) is 2.81. The maximum absolute atomic E-state index is 5.85. The van der Waals surface area contributed by atoms with E-state index < -0.39 is 0 Å². The summed E-state index contributed by atoms with van der Waals surface area (Å²) < 4.78 is 2.18. The van der Waals surface area contributed by atoms with Crippen molar-refractivity contribution in [3.05, 3.63) is 18.2 Å². The number of hydrogen-bond donors (Lipinski definition) is 1. The molecule has 1 fully saturated rings. The van der Waals surface area contributed by atoms with Gasteiger partial charge in [0.05, 0.1) is 12.0 Å². The molecule has 1 aliphatic heterocycles. The smallest absolute Gasteiger partial charge is 0.0948 e. The quantitative estimate of drug-likeness (QED) is 0.760. The summed E-state index contributed by atoms with van der Waals surface area (Å²) in [5.74, 6) is 0.770. The summed E-state index contributed by atoms with van der Waals surface area (Å²) in [6.07, 6.45) is 3.75. The molecule has 14 heavy (non-hydrogen) atoms. The van der Waals surface area contributed by atoms with Crippen LogP contribution in [-0.4, -0.2) is 34.6 Å². The molecule has 2 N–H and O–H groups in total. The van der Waals surface area contributed by atoms with Crippen molar-refractivity contribution < 1.29 is 0 Å². The monoisotopic (exact) mass is 194 g/mol. The van der Waals surface area contributed by atoms with Gasteiger partial charge in [0, 0.05) is 37.8 Å². The van der Waals surface area contributed by atoms with E-state index in [1.165, 1.54) is 13.1 Å². The standard InChI is InChI=1S/C10H18N4/c1-8(11)10-3-12-7-14(10)6-9-4-13(2)5-9/h3,7-9H,4-6,11H2,1-2H3. The van der Waals surface area contributed by atoms with E-state index >= 15 is 0 Å². The van der Waals surface area contributed by atoms with Crippen LogP contribution in [-0.2, 0) is 6.54 Å². The molecule has 1 aromatic rings. The normalized spacial score (nSPS) is 20.8. The molecule has 0 aliphatic carbocycles. The van der Waals surface area contributed by atoms with Crippen molar-refractivity contribution in [2.75, 3.05) is 20.1 Å². The second-order valence-electron chi connectivity index (χ2n) is 4.35. The van der Waals surface area contributed by atoms with Gasteiger partial charge in [-0.1, -0.05) is 0 Å². The van der Waals surface area contributed by atoms with E-state index in [1.807, 2.05) is 19.4 Å². The van der Waals surface area contributed by atoms with Gasteiger partial charge in [-0.2, -0.15) is 0 Å². The van der Waals surface area contributed by atoms with Crippen molar-refractivity contribution >= 4 is 0 Å². The van der Waals surface area contributed by atoms with Gasteiger partial charge in [0.1, 0.15) is 0 Å². The molecule has 2 heterocycles. The number of likely N-dealkylation sites (tertiary alicyclic amines) is 1. The van der Waals surface area contributed by atoms with E-state index in [-0.39, 0.29) is 6.04 Å². The molecule has 0 saturated carbocycles. The molecule has 0 spiro atoms. The first-order chi connectivity index (χ1) is 6.66. The zero-order chi connectivity index (χ0) is 10.1. The van der Waals surface area contributed by atoms with Gasteiger partial charge in [-0.05, 0) is 14.0 Å². The highest BCUT2D eigenvalue weighted by Crippen LogP contribution is 2.17. The Labute approximate surface area is 84.7 Å². The molecular weight excluding hydrogens is 176 g/mol. The topological polar surface area (TPSA) is 47.1 Å². The van der Waals surface area contributed by atoms with Crippen LogP contribution in [0.1, 0.15) is 18.7 Å². The predicted molar refractivity (Wildman–Crippen MR) is 55.8 cm³/mol. The van der Waals surface area contributed by atoms with Gasteiger partial charge >= 0.3 is 0 Å². The first kappa shape index (κ1) is 9.68. The second-order valence-corrected chi connectivity index (χ2v) is 4.35. The fraction of sp³-hybridized carbons (Fsp3) is 0.700. The Bertz CT molecular complexity index is 299. The molecule has 2 rings (SSSR count). The number of nitrogens with zero attached hydrogens (tertiary/aromatic N) is 3. The van der Waals surface area contributed by atoms with E-state index in [2.05, 4.69) is 21.5 Å². The van der Waals surface area contributed by atoms with Crippen LogP contribution in [0.15, 0.2) is 12.5 Å². The fourth-order valence-electron chi connectivity index (χ4n) is 2.08. The van der Waals surface area contributed by atoms with Crippen molar-refractivity contribution in [2.45, 2.75) is 19.5 Å². The van der Waals surface area contributed by atoms with Gasteiger partial charge in [-0.15, -0.1) is 0 Å². The molecule has 1 atom stereocenters. The Hall–Kier alpha value is -0.870. The Morgan fingerprint density at radius 1 is 1.64 bits per heavy atom. The number of aromatic nitrogens is 2. The summed E-state index contributed by atoms with van der Waals surface area (Å²) in [6, 6.07) is 0.0790. The molecule has 4 nitrogen and oxygen atoms in total. The average molecular weight is 194 g/mol. The minimum Gasteiger partial charge on any atom is -0.333 e. The summed E-state index contributed by atoms with van der Waals surface area (Å²) in [5, 5.41) is 0. The predicted octanol–water partition coefficient (Wildman–Crippen LogP) is 0.464. The highest BCUT2D eigenvalue weighted by Gasteiger charge is 2.24. The summed E-state index contributed by atoms with van der Waals surface area (Å²) in [5.41, 5.74) is 6.99. The maximum atomic E-state index is 5.85. The Balaban J connectivity index is 1.98. The van der Waals surface area contributed by atoms with E-state index in [4.69, 9.17) is 5.73 Å². The Kier molecular flexibility index (Phi) is 2.56. The van der Waals surface area contributed by atoms with Crippen LogP contribution in [0, 0.1) is 5.92 Å². The third-order valence-electron chi connectivity index (χ3n) is 2.81. The van der Waals surface area contributed by atoms with E-state index in [9.17, 15) is 0 Å². The first-order valence-electron chi connectivity index (χ1n) is 5.11. The van der Waals surface area contributed by atoms with Crippen LogP contribution >= 0.6 is 0 Å². The third kappa shape index (κ3) is 1.81. The SMILES string of the molecule is CC(N)c1cncn1CC1CN(C)C1. The lowest BCUT2D eigenvalue weighted by Gasteiger charge is -2.36. The fourth-order valence-corrected chi connectivity index (χ4v) is 2.08. The molecule has 0 bridgehead atoms. The highest BCUT2D eigenvalue weighted by atomic mass is 15.2. The van der Waals surface area contributed by atoms with Gasteiger partial charge in [0.15, 0.2) is 0 Å². The molecule has 0 aromatic carbocycles. The van der Waals surface area contributed by atoms with Gasteiger partial charge < -0.3 is 15.2 Å². The van der Waals surface area contributed by atoms with Crippen molar-refractivity contribution in [3.8, 4) is 0 Å². The number of rotatable bonds is 3. The van der Waals surface area contributed by atoms with E-state index in [1.54, 1.807) is 0 Å². The minimum absolute atomic E-state index is 0.0790. The van der Waals surface area contributed by atoms with Crippen molar-refractivity contribution in [1.29, 1.82) is 0 Å². The van der Waals surface area contributed by atoms with Crippen LogP contribution < -0.4 is 5.73 Å². The number of imidazole rings is 1. The molecule has 1 aromatic heterocycles. The van der Waals surface area contributed by atoms with E-state index in [0.29, 0.717) is 0 Å². The van der Waals surface area contributed by atoms with E-state index in [0.717, 1.165) is 18.2 Å². The van der Waals surface area contributed by atoms with Gasteiger partial charge in [-0.3, -0.25) is 0 Å². The number of hydrogen-bond acceptors (Lipinski definition) is 3. The zero-order valence-electron chi connectivity index (χ0n) is 8.85. The lowest BCUT2D eigenvalue weighted by Crippen LogP contribution is -2.45. The largest absolute Gasteiger partial charge is 0.333 e. The highest BCUT2D eigenvalue weighted by molar-refractivity contribution is 5.03. The summed E-state index contributed by atoms with van der Waals surface area (Å²) in [7, 11) is 2.15. The molecular formula is C10H18N4. The van der Waals surface area contributed by atoms with Crippen LogP contribution in [0.2, 0.25) is 0 Å². The van der Waals surface area contributed by atoms with Gasteiger partial charge in [0.25, 0.3) is 0 Å². The average Bonchev–Trinajstić information content (AvgIpc) is 2.49. The summed E-state index contributed by atoms with van der Waals surface area (Å²) in [6.45, 7) is 5.44. The molecule has 1 aliphatic rings. The molecule has 0 radical (unpaired) electrons. The van der Waals surface area contributed by atoms with Crippen LogP contribution in [0.5, 0.6) is 0 Å². The summed E-state index contributed by atoms with van der Waals surface area (Å²) in [4.78, 5) is 6.47.